The van der Waals surface area contributed by atoms with Gasteiger partial charge in [0.05, 0.1) is 22.0 Å². The normalized spacial score (nSPS) is 13.6. The van der Waals surface area contributed by atoms with E-state index in [0.717, 1.165) is 11.6 Å². The topological polar surface area (TPSA) is 132 Å². The zero-order chi connectivity index (χ0) is 25.5. The van der Waals surface area contributed by atoms with Crippen LogP contribution in [0.25, 0.3) is 11.3 Å². The molecule has 1 atom stereocenters. The second-order valence-electron chi connectivity index (χ2n) is 7.63. The van der Waals surface area contributed by atoms with Gasteiger partial charge in [0.15, 0.2) is 21.3 Å². The third-order valence-corrected chi connectivity index (χ3v) is 7.06. The molecule has 0 aliphatic carbocycles. The van der Waals surface area contributed by atoms with Gasteiger partial charge in [-0.3, -0.25) is 0 Å². The van der Waals surface area contributed by atoms with Crippen LogP contribution in [0.2, 0.25) is 0 Å². The van der Waals surface area contributed by atoms with Gasteiger partial charge in [-0.05, 0) is 51.6 Å². The number of hydrogen-bond acceptors (Lipinski definition) is 9. The van der Waals surface area contributed by atoms with Gasteiger partial charge < -0.3 is 21.2 Å². The fourth-order valence-corrected chi connectivity index (χ4v) is 4.08. The molecule has 0 spiro atoms. The van der Waals surface area contributed by atoms with Crippen LogP contribution >= 0.6 is 0 Å². The van der Waals surface area contributed by atoms with Crippen LogP contribution in [0.3, 0.4) is 0 Å². The Bertz CT molecular complexity index is 1200. The number of nitrogen functional groups attached to an aromatic ring is 1. The maximum absolute atomic E-state index is 14.9. The summed E-state index contributed by atoms with van der Waals surface area (Å²) in [5.41, 5.74) is 9.91. The quantitative estimate of drug-likeness (QED) is 0.200. The summed E-state index contributed by atoms with van der Waals surface area (Å²) in [6.45, 7) is 9.18. The minimum Gasteiger partial charge on any atom is -0.467 e. The monoisotopic (exact) mass is 490 g/mol. The maximum atomic E-state index is 14.9. The average Bonchev–Trinajstić information content (AvgIpc) is 2.79. The summed E-state index contributed by atoms with van der Waals surface area (Å²) in [6, 6.07) is 3.68. The number of sulfone groups is 1. The molecule has 1 heterocycles. The highest BCUT2D eigenvalue weighted by Gasteiger charge is 2.23. The molecular formula is C23H31FN6O3S. The number of nitrogens with zero attached hydrogens (tertiary/aromatic N) is 3. The van der Waals surface area contributed by atoms with E-state index >= 15 is 0 Å². The fourth-order valence-electron chi connectivity index (χ4n) is 3.01. The number of allylic oxidation sites excluding steroid dienone is 2. The molecule has 11 heteroatoms. The summed E-state index contributed by atoms with van der Waals surface area (Å²) in [6.07, 6.45) is 4.37. The van der Waals surface area contributed by atoms with E-state index in [1.54, 1.807) is 13.1 Å². The summed E-state index contributed by atoms with van der Waals surface area (Å²) >= 11 is 0. The highest BCUT2D eigenvalue weighted by Crippen LogP contribution is 2.26. The summed E-state index contributed by atoms with van der Waals surface area (Å²) in [5.74, 6) is -0.655. The summed E-state index contributed by atoms with van der Waals surface area (Å²) in [7, 11) is -0.229. The maximum Gasteiger partial charge on any atom is 0.261 e. The molecule has 0 aliphatic rings. The molecule has 1 unspecified atom stereocenters. The van der Waals surface area contributed by atoms with Crippen molar-refractivity contribution < 1.29 is 17.5 Å². The van der Waals surface area contributed by atoms with Crippen LogP contribution in [0.15, 0.2) is 58.7 Å². The van der Waals surface area contributed by atoms with Gasteiger partial charge >= 0.3 is 0 Å². The van der Waals surface area contributed by atoms with Gasteiger partial charge in [0, 0.05) is 19.2 Å². The molecule has 0 bridgehead atoms. The molecule has 0 fully saturated rings. The van der Waals surface area contributed by atoms with E-state index in [0.29, 0.717) is 6.54 Å². The molecule has 0 amide bonds. The standard InChI is InChI=1S/C23H31FN6O3S/c1-7-8-16(12-26-5)15(4)33-23(30-27-6)21-22(25)28-13-20(29-21)18-10-9-17(11-19(18)24)34(31,32)14(2)3/h7-11,13-15,26-27H,1,12H2,2-6H3,(H2,25,28)/b16-8-,30-23-. The van der Waals surface area contributed by atoms with Crippen molar-refractivity contribution in [1.29, 1.82) is 0 Å². The van der Waals surface area contributed by atoms with Gasteiger partial charge in [-0.2, -0.15) is 0 Å². The van der Waals surface area contributed by atoms with Gasteiger partial charge in [-0.25, -0.2) is 22.8 Å². The van der Waals surface area contributed by atoms with Crippen molar-refractivity contribution in [1.82, 2.24) is 20.7 Å². The molecule has 1 aromatic heterocycles. The molecule has 0 saturated heterocycles. The first-order chi connectivity index (χ1) is 16.1. The Hall–Kier alpha value is -3.31. The number of aromatic nitrogens is 2. The Morgan fingerprint density at radius 2 is 2.03 bits per heavy atom. The van der Waals surface area contributed by atoms with E-state index in [9.17, 15) is 12.8 Å². The van der Waals surface area contributed by atoms with E-state index < -0.39 is 27.0 Å². The Kier molecular flexibility index (Phi) is 9.28. The molecule has 34 heavy (non-hydrogen) atoms. The number of ether oxygens (including phenoxy) is 1. The Morgan fingerprint density at radius 1 is 1.32 bits per heavy atom. The van der Waals surface area contributed by atoms with Gasteiger partial charge in [-0.1, -0.05) is 18.7 Å². The van der Waals surface area contributed by atoms with Crippen molar-refractivity contribution in [2.45, 2.75) is 37.0 Å². The number of likely N-dealkylation sites (N-methyl/N-ethyl adjacent to an activating group) is 1. The van der Waals surface area contributed by atoms with Crippen LogP contribution in [-0.4, -0.2) is 56.3 Å². The highest BCUT2D eigenvalue weighted by molar-refractivity contribution is 7.92. The lowest BCUT2D eigenvalue weighted by molar-refractivity contribution is 0.239. The number of hydrogen-bond donors (Lipinski definition) is 3. The molecule has 0 saturated carbocycles. The van der Waals surface area contributed by atoms with Crippen LogP contribution < -0.4 is 16.5 Å². The molecule has 0 aliphatic heterocycles. The van der Waals surface area contributed by atoms with E-state index in [1.807, 2.05) is 20.0 Å². The Labute approximate surface area is 200 Å². The lowest BCUT2D eigenvalue weighted by Crippen LogP contribution is -2.26. The Morgan fingerprint density at radius 3 is 2.59 bits per heavy atom. The van der Waals surface area contributed by atoms with E-state index in [-0.39, 0.29) is 33.6 Å². The minimum atomic E-state index is -3.63. The van der Waals surface area contributed by atoms with Gasteiger partial charge in [0.25, 0.3) is 5.90 Å². The molecule has 1 aromatic carbocycles. The van der Waals surface area contributed by atoms with Gasteiger partial charge in [0.2, 0.25) is 0 Å². The van der Waals surface area contributed by atoms with Crippen molar-refractivity contribution >= 4 is 21.6 Å². The first-order valence-electron chi connectivity index (χ1n) is 10.6. The minimum absolute atomic E-state index is 0.0345. The van der Waals surface area contributed by atoms with Crippen molar-refractivity contribution in [2.24, 2.45) is 5.10 Å². The van der Waals surface area contributed by atoms with Crippen molar-refractivity contribution in [3.63, 3.8) is 0 Å². The SMILES string of the molecule is C=C/C=C(/CNC)C(C)O/C(=N\NC)c1nc(-c2ccc(S(=O)(=O)C(C)C)cc2F)cnc1N. The fraction of sp³-hybridized carbons (Fsp3) is 0.348. The smallest absolute Gasteiger partial charge is 0.261 e. The number of nitrogens with one attached hydrogen (secondary N) is 2. The van der Waals surface area contributed by atoms with E-state index in [2.05, 4.69) is 32.4 Å². The largest absolute Gasteiger partial charge is 0.467 e. The van der Waals surface area contributed by atoms with Crippen molar-refractivity contribution in [3.05, 3.63) is 60.2 Å². The Balaban J connectivity index is 2.49. The average molecular weight is 491 g/mol. The molecule has 4 N–H and O–H groups in total. The lowest BCUT2D eigenvalue weighted by Gasteiger charge is -2.19. The van der Waals surface area contributed by atoms with Crippen LogP contribution in [-0.2, 0) is 14.6 Å². The van der Waals surface area contributed by atoms with Crippen molar-refractivity contribution in [2.75, 3.05) is 26.4 Å². The number of nitrogens with two attached hydrogens (primary N) is 1. The molecule has 2 aromatic rings. The molecule has 184 valence electrons. The number of halogens is 1. The van der Waals surface area contributed by atoms with Crippen molar-refractivity contribution in [3.8, 4) is 11.3 Å². The molecular weight excluding hydrogens is 459 g/mol. The number of hydrazone groups is 1. The first-order valence-corrected chi connectivity index (χ1v) is 12.1. The summed E-state index contributed by atoms with van der Waals surface area (Å²) in [5, 5.41) is 6.52. The second kappa shape index (κ2) is 11.7. The van der Waals surface area contributed by atoms with Crippen LogP contribution in [0.4, 0.5) is 10.2 Å². The predicted octanol–water partition coefficient (Wildman–Crippen LogP) is 2.66. The number of benzene rings is 1. The lowest BCUT2D eigenvalue weighted by atomic mass is 10.1. The molecule has 9 nitrogen and oxygen atoms in total. The molecule has 2 rings (SSSR count). The second-order valence-corrected chi connectivity index (χ2v) is 10.1. The van der Waals surface area contributed by atoms with E-state index in [1.165, 1.54) is 32.2 Å². The van der Waals surface area contributed by atoms with Crippen LogP contribution in [0.5, 0.6) is 0 Å². The van der Waals surface area contributed by atoms with Crippen LogP contribution in [0, 0.1) is 5.82 Å². The van der Waals surface area contributed by atoms with Gasteiger partial charge in [0.1, 0.15) is 11.9 Å². The summed E-state index contributed by atoms with van der Waals surface area (Å²) < 4.78 is 45.7. The number of anilines is 1. The van der Waals surface area contributed by atoms with Crippen LogP contribution in [0.1, 0.15) is 26.5 Å². The summed E-state index contributed by atoms with van der Waals surface area (Å²) in [4.78, 5) is 8.44. The third-order valence-electron chi connectivity index (χ3n) is 4.91. The zero-order valence-electron chi connectivity index (χ0n) is 20.0. The van der Waals surface area contributed by atoms with Gasteiger partial charge in [-0.15, -0.1) is 5.10 Å². The van der Waals surface area contributed by atoms with E-state index in [4.69, 9.17) is 10.5 Å². The highest BCUT2D eigenvalue weighted by atomic mass is 32.2. The first kappa shape index (κ1) is 26.9. The zero-order valence-corrected chi connectivity index (χ0v) is 20.8. The third kappa shape index (κ3) is 6.17. The predicted molar refractivity (Wildman–Crippen MR) is 133 cm³/mol. The number of rotatable bonds is 10. The molecule has 0 radical (unpaired) electrons.